The average Bonchev–Trinajstić information content (AvgIpc) is 3.53. The van der Waals surface area contributed by atoms with Gasteiger partial charge >= 0.3 is 0 Å². The summed E-state index contributed by atoms with van der Waals surface area (Å²) in [7, 11) is 0. The smallest absolute Gasteiger partial charge is 0.255 e. The van der Waals surface area contributed by atoms with E-state index in [4.69, 9.17) is 9.84 Å². The molecule has 0 unspecified atom stereocenters. The molecule has 1 fully saturated rings. The summed E-state index contributed by atoms with van der Waals surface area (Å²) in [6, 6.07) is 14.8. The van der Waals surface area contributed by atoms with Crippen molar-refractivity contribution < 1.29 is 13.9 Å². The first-order valence-corrected chi connectivity index (χ1v) is 12.3. The highest BCUT2D eigenvalue weighted by atomic mass is 19.1. The zero-order chi connectivity index (χ0) is 26.1. The van der Waals surface area contributed by atoms with E-state index in [0.717, 1.165) is 11.1 Å². The molecule has 9 nitrogen and oxygen atoms in total. The maximum absolute atomic E-state index is 14.7. The van der Waals surface area contributed by atoms with Crippen molar-refractivity contribution in [3.63, 3.8) is 0 Å². The predicted octanol–water partition coefficient (Wildman–Crippen LogP) is 3.20. The number of halogens is 1. The molecular weight excluding hydrogens is 487 g/mol. The second-order valence-electron chi connectivity index (χ2n) is 9.35. The number of benzene rings is 1. The zero-order valence-corrected chi connectivity index (χ0v) is 20.4. The molecule has 2 N–H and O–H groups in total. The Morgan fingerprint density at radius 1 is 1.11 bits per heavy atom. The van der Waals surface area contributed by atoms with Crippen molar-refractivity contribution in [2.75, 3.05) is 13.2 Å². The minimum atomic E-state index is -0.475. The molecule has 10 heteroatoms. The summed E-state index contributed by atoms with van der Waals surface area (Å²) >= 11 is 0. The van der Waals surface area contributed by atoms with E-state index in [1.165, 1.54) is 6.07 Å². The molecule has 1 aliphatic heterocycles. The maximum Gasteiger partial charge on any atom is 0.255 e. The summed E-state index contributed by atoms with van der Waals surface area (Å²) in [6.45, 7) is 1.93. The molecule has 38 heavy (non-hydrogen) atoms. The summed E-state index contributed by atoms with van der Waals surface area (Å²) in [5.74, 6) is -0.778. The van der Waals surface area contributed by atoms with Gasteiger partial charge in [0.25, 0.3) is 11.5 Å². The van der Waals surface area contributed by atoms with E-state index < -0.39 is 5.82 Å². The second kappa shape index (κ2) is 10.1. The number of rotatable bonds is 8. The largest absolute Gasteiger partial charge is 0.380 e. The summed E-state index contributed by atoms with van der Waals surface area (Å²) < 4.78 is 23.5. The van der Waals surface area contributed by atoms with E-state index in [0.29, 0.717) is 48.5 Å². The number of ether oxygens (including phenoxy) is 1. The van der Waals surface area contributed by atoms with Crippen LogP contribution in [-0.2, 0) is 24.4 Å². The van der Waals surface area contributed by atoms with Crippen LogP contribution < -0.4 is 10.9 Å². The van der Waals surface area contributed by atoms with E-state index in [-0.39, 0.29) is 29.6 Å². The molecule has 0 saturated carbocycles. The lowest BCUT2D eigenvalue weighted by Gasteiger charge is -2.25. The Labute approximate surface area is 216 Å². The highest BCUT2D eigenvalue weighted by Crippen LogP contribution is 2.26. The van der Waals surface area contributed by atoms with Gasteiger partial charge < -0.3 is 19.6 Å². The number of carbonyl (C=O) groups excluding carboxylic acids is 1. The molecule has 1 saturated heterocycles. The number of amides is 1. The lowest BCUT2D eigenvalue weighted by atomic mass is 10.00. The summed E-state index contributed by atoms with van der Waals surface area (Å²) in [4.78, 5) is 32.1. The molecule has 1 aliphatic rings. The van der Waals surface area contributed by atoms with Gasteiger partial charge in [0.05, 0.1) is 61.2 Å². The Hall–Kier alpha value is -4.57. The first kappa shape index (κ1) is 23.8. The van der Waals surface area contributed by atoms with Gasteiger partial charge in [-0.3, -0.25) is 19.3 Å². The van der Waals surface area contributed by atoms with Crippen molar-refractivity contribution in [2.45, 2.75) is 25.6 Å². The number of H-pyrrole nitrogens is 1. The van der Waals surface area contributed by atoms with Crippen LogP contribution in [0.15, 0.2) is 78.1 Å². The van der Waals surface area contributed by atoms with Crippen molar-refractivity contribution in [2.24, 2.45) is 0 Å². The van der Waals surface area contributed by atoms with Crippen molar-refractivity contribution in [1.29, 1.82) is 0 Å². The molecule has 0 atom stereocenters. The van der Waals surface area contributed by atoms with E-state index in [1.54, 1.807) is 46.2 Å². The minimum Gasteiger partial charge on any atom is -0.380 e. The fraction of sp³-hybridized carbons (Fsp3) is 0.214. The van der Waals surface area contributed by atoms with Crippen LogP contribution in [0.2, 0.25) is 0 Å². The van der Waals surface area contributed by atoms with Gasteiger partial charge in [-0.05, 0) is 23.3 Å². The number of nitrogens with one attached hydrogen (secondary N) is 2. The molecular formula is C28H25FN6O3. The first-order valence-electron chi connectivity index (χ1n) is 12.3. The predicted molar refractivity (Wildman–Crippen MR) is 138 cm³/mol. The Morgan fingerprint density at radius 2 is 1.89 bits per heavy atom. The molecule has 1 aromatic carbocycles. The Bertz CT molecular complexity index is 1670. The highest BCUT2D eigenvalue weighted by Gasteiger charge is 2.29. The van der Waals surface area contributed by atoms with E-state index in [1.807, 2.05) is 30.3 Å². The van der Waals surface area contributed by atoms with Crippen LogP contribution >= 0.6 is 0 Å². The van der Waals surface area contributed by atoms with Crippen LogP contribution in [0.5, 0.6) is 0 Å². The van der Waals surface area contributed by atoms with Crippen LogP contribution in [0.4, 0.5) is 4.39 Å². The van der Waals surface area contributed by atoms with Crippen molar-refractivity contribution >= 4 is 16.8 Å². The Balaban J connectivity index is 1.17. The molecule has 0 spiro atoms. The Kier molecular flexibility index (Phi) is 6.30. The normalized spacial score (nSPS) is 13.5. The molecule has 1 amide bonds. The summed E-state index contributed by atoms with van der Waals surface area (Å²) in [6.07, 6.45) is 6.71. The Morgan fingerprint density at radius 3 is 2.63 bits per heavy atom. The van der Waals surface area contributed by atoms with E-state index in [2.05, 4.69) is 15.3 Å². The lowest BCUT2D eigenvalue weighted by Crippen LogP contribution is -2.30. The highest BCUT2D eigenvalue weighted by molar-refractivity contribution is 5.95. The third-order valence-corrected chi connectivity index (χ3v) is 6.71. The maximum atomic E-state index is 14.7. The molecule has 6 rings (SSSR count). The van der Waals surface area contributed by atoms with Crippen molar-refractivity contribution in [1.82, 2.24) is 29.6 Å². The number of carbonyl (C=O) groups is 1. The van der Waals surface area contributed by atoms with Gasteiger partial charge in [-0.25, -0.2) is 4.39 Å². The van der Waals surface area contributed by atoms with Crippen LogP contribution in [0.1, 0.15) is 38.8 Å². The fourth-order valence-electron chi connectivity index (χ4n) is 4.52. The molecule has 4 aromatic heterocycles. The van der Waals surface area contributed by atoms with Crippen molar-refractivity contribution in [3.8, 4) is 0 Å². The summed E-state index contributed by atoms with van der Waals surface area (Å²) in [5, 5.41) is 8.16. The number of aromatic amines is 1. The number of nitrogens with zero attached hydrogens (tertiary/aromatic N) is 4. The minimum absolute atomic E-state index is 0.0358. The van der Waals surface area contributed by atoms with Crippen LogP contribution in [-0.4, -0.2) is 43.4 Å². The van der Waals surface area contributed by atoms with Gasteiger partial charge in [0.2, 0.25) is 0 Å². The molecule has 5 aromatic rings. The standard InChI is InChI=1S/C28H25FN6O3/c29-25-23(31-11-20-8-9-30-27(20)25)12-32-28(37)22-15-35(33-26(22)21-16-38-17-21)14-19-6-4-18(5-7-19)13-34-10-2-1-3-24(34)36/h1-11,15,21,30H,12-14,16-17H2,(H,32,37). The number of fused-ring (bicyclic) bond motifs is 1. The van der Waals surface area contributed by atoms with Crippen LogP contribution in [0, 0.1) is 5.82 Å². The topological polar surface area (TPSA) is 107 Å². The molecule has 0 bridgehead atoms. The monoisotopic (exact) mass is 512 g/mol. The number of aromatic nitrogens is 5. The van der Waals surface area contributed by atoms with Gasteiger partial charge in [-0.2, -0.15) is 5.10 Å². The third-order valence-electron chi connectivity index (χ3n) is 6.71. The van der Waals surface area contributed by atoms with Crippen LogP contribution in [0.25, 0.3) is 10.9 Å². The van der Waals surface area contributed by atoms with E-state index in [9.17, 15) is 14.0 Å². The quantitative estimate of drug-likeness (QED) is 0.332. The number of hydrogen-bond acceptors (Lipinski definition) is 5. The van der Waals surface area contributed by atoms with Gasteiger partial charge in [0.1, 0.15) is 0 Å². The second-order valence-corrected chi connectivity index (χ2v) is 9.35. The number of pyridine rings is 2. The fourth-order valence-corrected chi connectivity index (χ4v) is 4.52. The van der Waals surface area contributed by atoms with Gasteiger partial charge in [-0.15, -0.1) is 0 Å². The lowest BCUT2D eigenvalue weighted by molar-refractivity contribution is 0.00620. The van der Waals surface area contributed by atoms with Crippen molar-refractivity contribution in [3.05, 3.63) is 118 Å². The number of hydrogen-bond donors (Lipinski definition) is 2. The van der Waals surface area contributed by atoms with Gasteiger partial charge in [-0.1, -0.05) is 30.3 Å². The first-order chi connectivity index (χ1) is 18.5. The summed E-state index contributed by atoms with van der Waals surface area (Å²) in [5.41, 5.74) is 3.61. The van der Waals surface area contributed by atoms with Gasteiger partial charge in [0, 0.05) is 36.2 Å². The molecule has 0 radical (unpaired) electrons. The SMILES string of the molecule is O=C(NCc1ncc2cc[nH]c2c1F)c1cn(Cc2ccc(Cn3ccccc3=O)cc2)nc1C1COC1. The zero-order valence-electron chi connectivity index (χ0n) is 20.4. The van der Waals surface area contributed by atoms with E-state index >= 15 is 0 Å². The average molecular weight is 513 g/mol. The van der Waals surface area contributed by atoms with Gasteiger partial charge in [0.15, 0.2) is 5.82 Å². The van der Waals surface area contributed by atoms with Crippen LogP contribution in [0.3, 0.4) is 0 Å². The molecule has 192 valence electrons. The molecule has 5 heterocycles. The third kappa shape index (κ3) is 4.73. The molecule has 0 aliphatic carbocycles.